The number of aryl methyl sites for hydroxylation is 2. The molecule has 2 heterocycles. The first-order valence-electron chi connectivity index (χ1n) is 7.39. The summed E-state index contributed by atoms with van der Waals surface area (Å²) in [5.41, 5.74) is 2.11. The van der Waals surface area contributed by atoms with Crippen molar-refractivity contribution in [3.8, 4) is 0 Å². The van der Waals surface area contributed by atoms with E-state index in [1.807, 2.05) is 37.9 Å². The molecule has 0 spiro atoms. The van der Waals surface area contributed by atoms with Gasteiger partial charge in [-0.3, -0.25) is 4.99 Å². The Morgan fingerprint density at radius 1 is 1.45 bits per heavy atom. The van der Waals surface area contributed by atoms with Crippen LogP contribution in [0, 0.1) is 13.8 Å². The molecule has 0 aliphatic rings. The molecule has 0 aliphatic heterocycles. The van der Waals surface area contributed by atoms with Crippen LogP contribution >= 0.6 is 0 Å². The number of aliphatic imine (C=N–C) groups is 1. The fourth-order valence-electron chi connectivity index (χ4n) is 2.64. The maximum absolute atomic E-state index is 5.37. The molecule has 2 rings (SSSR count). The lowest BCUT2D eigenvalue weighted by molar-refractivity contribution is 0.391. The zero-order chi connectivity index (χ0) is 16.1. The van der Waals surface area contributed by atoms with Crippen LogP contribution in [0.4, 0.5) is 0 Å². The molecular formula is C16H24N4O2. The van der Waals surface area contributed by atoms with Crippen molar-refractivity contribution < 1.29 is 8.94 Å². The van der Waals surface area contributed by atoms with Crippen LogP contribution in [0.3, 0.4) is 0 Å². The van der Waals surface area contributed by atoms with Crippen molar-refractivity contribution >= 4 is 5.96 Å². The number of nitrogens with one attached hydrogen (secondary N) is 1. The van der Waals surface area contributed by atoms with Crippen LogP contribution < -0.4 is 5.32 Å². The Labute approximate surface area is 131 Å². The Kier molecular flexibility index (Phi) is 5.25. The molecule has 0 saturated heterocycles. The normalized spacial score (nSPS) is 13.2. The van der Waals surface area contributed by atoms with Gasteiger partial charge in [0.15, 0.2) is 5.96 Å². The standard InChI is InChI=1S/C16H24N4O2/c1-11(15-12(2)19-22-13(15)3)9-18-16(17-4)20(5)10-14-7-6-8-21-14/h6-8,11H,9-10H2,1-5H3,(H,17,18). The molecule has 1 unspecified atom stereocenters. The van der Waals surface area contributed by atoms with Gasteiger partial charge < -0.3 is 19.2 Å². The van der Waals surface area contributed by atoms with Crippen LogP contribution in [0.25, 0.3) is 0 Å². The summed E-state index contributed by atoms with van der Waals surface area (Å²) in [4.78, 5) is 6.34. The number of hydrogen-bond donors (Lipinski definition) is 1. The quantitative estimate of drug-likeness (QED) is 0.679. The number of rotatable bonds is 5. The topological polar surface area (TPSA) is 66.8 Å². The second-order valence-electron chi connectivity index (χ2n) is 5.50. The molecule has 1 N–H and O–H groups in total. The van der Waals surface area contributed by atoms with E-state index in [0.717, 1.165) is 35.3 Å². The number of nitrogens with zero attached hydrogens (tertiary/aromatic N) is 3. The third-order valence-corrected chi connectivity index (χ3v) is 3.69. The minimum Gasteiger partial charge on any atom is -0.467 e. The average Bonchev–Trinajstić information content (AvgIpc) is 3.09. The molecule has 6 heteroatoms. The number of aromatic nitrogens is 1. The van der Waals surface area contributed by atoms with Gasteiger partial charge in [0.1, 0.15) is 11.5 Å². The molecule has 0 saturated carbocycles. The van der Waals surface area contributed by atoms with E-state index in [1.54, 1.807) is 13.3 Å². The van der Waals surface area contributed by atoms with Crippen molar-refractivity contribution in [2.75, 3.05) is 20.6 Å². The third kappa shape index (κ3) is 3.69. The molecule has 0 aromatic carbocycles. The highest BCUT2D eigenvalue weighted by Crippen LogP contribution is 2.22. The Morgan fingerprint density at radius 2 is 2.23 bits per heavy atom. The van der Waals surface area contributed by atoms with Crippen LogP contribution in [0.5, 0.6) is 0 Å². The van der Waals surface area contributed by atoms with E-state index in [0.29, 0.717) is 12.5 Å². The van der Waals surface area contributed by atoms with Crippen LogP contribution in [0.1, 0.15) is 35.6 Å². The average molecular weight is 304 g/mol. The van der Waals surface area contributed by atoms with Crippen LogP contribution in [-0.2, 0) is 6.54 Å². The molecule has 120 valence electrons. The van der Waals surface area contributed by atoms with E-state index in [-0.39, 0.29) is 0 Å². The zero-order valence-electron chi connectivity index (χ0n) is 13.9. The van der Waals surface area contributed by atoms with E-state index in [2.05, 4.69) is 22.4 Å². The van der Waals surface area contributed by atoms with Gasteiger partial charge in [-0.05, 0) is 26.0 Å². The summed E-state index contributed by atoms with van der Waals surface area (Å²) in [6.07, 6.45) is 1.68. The first-order chi connectivity index (χ1) is 10.5. The largest absolute Gasteiger partial charge is 0.467 e. The molecule has 0 radical (unpaired) electrons. The summed E-state index contributed by atoms with van der Waals surface area (Å²) in [7, 11) is 3.76. The molecule has 1 atom stereocenters. The summed E-state index contributed by atoms with van der Waals surface area (Å²) in [5.74, 6) is 2.91. The van der Waals surface area contributed by atoms with Crippen molar-refractivity contribution in [1.82, 2.24) is 15.4 Å². The molecule has 22 heavy (non-hydrogen) atoms. The van der Waals surface area contributed by atoms with Gasteiger partial charge in [-0.1, -0.05) is 12.1 Å². The molecule has 0 fully saturated rings. The SMILES string of the molecule is CN=C(NCC(C)c1c(C)noc1C)N(C)Cc1ccco1. The summed E-state index contributed by atoms with van der Waals surface area (Å²) >= 11 is 0. The highest BCUT2D eigenvalue weighted by molar-refractivity contribution is 5.79. The van der Waals surface area contributed by atoms with Crippen LogP contribution in [0.2, 0.25) is 0 Å². The Balaban J connectivity index is 1.93. The van der Waals surface area contributed by atoms with Crippen molar-refractivity contribution in [1.29, 1.82) is 0 Å². The molecule has 2 aromatic rings. The molecular weight excluding hydrogens is 280 g/mol. The molecule has 0 aliphatic carbocycles. The van der Waals surface area contributed by atoms with Gasteiger partial charge in [-0.15, -0.1) is 0 Å². The fraction of sp³-hybridized carbons (Fsp3) is 0.500. The van der Waals surface area contributed by atoms with E-state index in [1.165, 1.54) is 0 Å². The van der Waals surface area contributed by atoms with Gasteiger partial charge in [0.2, 0.25) is 0 Å². The van der Waals surface area contributed by atoms with E-state index < -0.39 is 0 Å². The molecule has 0 bridgehead atoms. The number of furan rings is 1. The van der Waals surface area contributed by atoms with E-state index >= 15 is 0 Å². The fourth-order valence-corrected chi connectivity index (χ4v) is 2.64. The molecule has 6 nitrogen and oxygen atoms in total. The summed E-state index contributed by atoms with van der Waals surface area (Å²) in [6.45, 7) is 7.51. The van der Waals surface area contributed by atoms with Crippen LogP contribution in [0.15, 0.2) is 32.3 Å². The maximum atomic E-state index is 5.37. The second-order valence-corrected chi connectivity index (χ2v) is 5.50. The lowest BCUT2D eigenvalue weighted by atomic mass is 10.00. The zero-order valence-corrected chi connectivity index (χ0v) is 13.9. The first-order valence-corrected chi connectivity index (χ1v) is 7.39. The maximum Gasteiger partial charge on any atom is 0.193 e. The van der Waals surface area contributed by atoms with Gasteiger partial charge >= 0.3 is 0 Å². The molecule has 2 aromatic heterocycles. The van der Waals surface area contributed by atoms with Crippen molar-refractivity contribution in [3.63, 3.8) is 0 Å². The smallest absolute Gasteiger partial charge is 0.193 e. The lowest BCUT2D eigenvalue weighted by Crippen LogP contribution is -2.40. The van der Waals surface area contributed by atoms with Crippen molar-refractivity contribution in [2.24, 2.45) is 4.99 Å². The second kappa shape index (κ2) is 7.15. The molecule has 0 amide bonds. The van der Waals surface area contributed by atoms with Gasteiger partial charge in [-0.25, -0.2) is 0 Å². The van der Waals surface area contributed by atoms with Crippen LogP contribution in [-0.4, -0.2) is 36.7 Å². The minimum atomic E-state index is 0.292. The number of hydrogen-bond acceptors (Lipinski definition) is 4. The van der Waals surface area contributed by atoms with Gasteiger partial charge in [0, 0.05) is 32.1 Å². The Bertz CT molecular complexity index is 597. The highest BCUT2D eigenvalue weighted by atomic mass is 16.5. The number of guanidine groups is 1. The summed E-state index contributed by atoms with van der Waals surface area (Å²) in [6, 6.07) is 3.84. The summed E-state index contributed by atoms with van der Waals surface area (Å²) in [5, 5.41) is 7.40. The van der Waals surface area contributed by atoms with Gasteiger partial charge in [-0.2, -0.15) is 0 Å². The lowest BCUT2D eigenvalue weighted by Gasteiger charge is -2.22. The van der Waals surface area contributed by atoms with Crippen molar-refractivity contribution in [3.05, 3.63) is 41.2 Å². The minimum absolute atomic E-state index is 0.292. The van der Waals surface area contributed by atoms with Gasteiger partial charge in [0.05, 0.1) is 18.5 Å². The van der Waals surface area contributed by atoms with E-state index in [9.17, 15) is 0 Å². The highest BCUT2D eigenvalue weighted by Gasteiger charge is 2.17. The van der Waals surface area contributed by atoms with Crippen molar-refractivity contribution in [2.45, 2.75) is 33.2 Å². The summed E-state index contributed by atoms with van der Waals surface area (Å²) < 4.78 is 10.6. The Morgan fingerprint density at radius 3 is 2.77 bits per heavy atom. The van der Waals surface area contributed by atoms with E-state index in [4.69, 9.17) is 8.94 Å². The third-order valence-electron chi connectivity index (χ3n) is 3.69. The monoisotopic (exact) mass is 304 g/mol. The predicted octanol–water partition coefficient (Wildman–Crippen LogP) is 2.70. The Hall–Kier alpha value is -2.24. The first kappa shape index (κ1) is 16.1. The predicted molar refractivity (Wildman–Crippen MR) is 85.9 cm³/mol. The van der Waals surface area contributed by atoms with Gasteiger partial charge in [0.25, 0.3) is 0 Å².